The van der Waals surface area contributed by atoms with E-state index in [1.54, 1.807) is 0 Å². The summed E-state index contributed by atoms with van der Waals surface area (Å²) in [5, 5.41) is 10.5. The smallest absolute Gasteiger partial charge is 0.107 e. The molecule has 1 unspecified atom stereocenters. The number of rotatable bonds is 6. The summed E-state index contributed by atoms with van der Waals surface area (Å²) in [6, 6.07) is 34.1. The Morgan fingerprint density at radius 2 is 1.38 bits per heavy atom. The summed E-state index contributed by atoms with van der Waals surface area (Å²) in [7, 11) is 0. The summed E-state index contributed by atoms with van der Waals surface area (Å²) in [4.78, 5) is 2.56. The second-order valence-electron chi connectivity index (χ2n) is 8.18. The van der Waals surface area contributed by atoms with Crippen molar-refractivity contribution in [1.82, 2.24) is 4.90 Å². The molecule has 3 aromatic rings. The average Bonchev–Trinajstić information content (AvgIpc) is 2.80. The van der Waals surface area contributed by atoms with E-state index < -0.39 is 5.41 Å². The van der Waals surface area contributed by atoms with Crippen molar-refractivity contribution < 1.29 is 0 Å². The number of benzene rings is 3. The van der Waals surface area contributed by atoms with Gasteiger partial charge in [0.2, 0.25) is 0 Å². The molecule has 3 aromatic carbocycles. The lowest BCUT2D eigenvalue weighted by molar-refractivity contribution is 0.153. The molecule has 0 amide bonds. The Labute approximate surface area is 174 Å². The molecule has 1 atom stereocenters. The molecule has 1 aliphatic rings. The standard InChI is InChI=1S/C27H28N2/c28-22-27(25-14-6-2-7-15-25,26-16-8-3-9-17-26)19-24-13-10-18-29(21-24)20-23-11-4-1-5-12-23/h1-9,11-12,14-17,24H,10,13,18-21H2. The Bertz CT molecular complexity index is 889. The van der Waals surface area contributed by atoms with Crippen molar-refractivity contribution in [3.05, 3.63) is 108 Å². The highest BCUT2D eigenvalue weighted by Crippen LogP contribution is 2.40. The quantitative estimate of drug-likeness (QED) is 0.540. The SMILES string of the molecule is N#CC(CC1CCCN(Cc2ccccc2)C1)(c1ccccc1)c1ccccc1. The maximum Gasteiger partial charge on any atom is 0.107 e. The Morgan fingerprint density at radius 3 is 1.93 bits per heavy atom. The third-order valence-electron chi connectivity index (χ3n) is 6.17. The molecule has 0 radical (unpaired) electrons. The zero-order valence-corrected chi connectivity index (χ0v) is 16.9. The van der Waals surface area contributed by atoms with E-state index in [-0.39, 0.29) is 0 Å². The summed E-state index contributed by atoms with van der Waals surface area (Å²) in [5.74, 6) is 0.507. The third kappa shape index (κ3) is 4.42. The highest BCUT2D eigenvalue weighted by Gasteiger charge is 2.38. The Kier molecular flexibility index (Phi) is 6.08. The number of nitrogens with zero attached hydrogens (tertiary/aromatic N) is 2. The lowest BCUT2D eigenvalue weighted by atomic mass is 9.69. The van der Waals surface area contributed by atoms with E-state index >= 15 is 0 Å². The van der Waals surface area contributed by atoms with Gasteiger partial charge in [0.1, 0.15) is 5.41 Å². The van der Waals surface area contributed by atoms with Gasteiger partial charge in [-0.25, -0.2) is 0 Å². The van der Waals surface area contributed by atoms with Gasteiger partial charge in [0.15, 0.2) is 0 Å². The van der Waals surface area contributed by atoms with Crippen molar-refractivity contribution in [3.8, 4) is 6.07 Å². The van der Waals surface area contributed by atoms with Crippen molar-refractivity contribution in [1.29, 1.82) is 5.26 Å². The van der Waals surface area contributed by atoms with Gasteiger partial charge in [0.25, 0.3) is 0 Å². The first kappa shape index (κ1) is 19.4. The largest absolute Gasteiger partial charge is 0.299 e. The van der Waals surface area contributed by atoms with Gasteiger partial charge in [-0.2, -0.15) is 5.26 Å². The molecule has 1 saturated heterocycles. The lowest BCUT2D eigenvalue weighted by Gasteiger charge is -2.38. The summed E-state index contributed by atoms with van der Waals surface area (Å²) in [6.45, 7) is 3.19. The molecule has 0 bridgehead atoms. The average molecular weight is 381 g/mol. The summed E-state index contributed by atoms with van der Waals surface area (Å²) in [5.41, 5.74) is 2.98. The molecule has 0 saturated carbocycles. The van der Waals surface area contributed by atoms with Crippen LogP contribution in [0.5, 0.6) is 0 Å². The molecule has 2 nitrogen and oxygen atoms in total. The molecule has 1 heterocycles. The van der Waals surface area contributed by atoms with Gasteiger partial charge in [0.05, 0.1) is 6.07 Å². The molecule has 29 heavy (non-hydrogen) atoms. The van der Waals surface area contributed by atoms with Gasteiger partial charge < -0.3 is 0 Å². The van der Waals surface area contributed by atoms with Crippen molar-refractivity contribution in [2.24, 2.45) is 5.92 Å². The number of hydrogen-bond acceptors (Lipinski definition) is 2. The van der Waals surface area contributed by atoms with Crippen LogP contribution >= 0.6 is 0 Å². The van der Waals surface area contributed by atoms with Gasteiger partial charge in [-0.3, -0.25) is 4.90 Å². The minimum absolute atomic E-state index is 0.507. The maximum absolute atomic E-state index is 10.5. The molecule has 146 valence electrons. The number of hydrogen-bond donors (Lipinski definition) is 0. The van der Waals surface area contributed by atoms with Crippen LogP contribution in [0.2, 0.25) is 0 Å². The fourth-order valence-corrected chi connectivity index (χ4v) is 4.76. The molecular weight excluding hydrogens is 352 g/mol. The van der Waals surface area contributed by atoms with Gasteiger partial charge in [-0.1, -0.05) is 91.0 Å². The van der Waals surface area contributed by atoms with Gasteiger partial charge >= 0.3 is 0 Å². The van der Waals surface area contributed by atoms with Crippen LogP contribution in [-0.2, 0) is 12.0 Å². The predicted octanol–water partition coefficient (Wildman–Crippen LogP) is 5.80. The molecule has 0 spiro atoms. The Hall–Kier alpha value is -2.89. The van der Waals surface area contributed by atoms with Crippen molar-refractivity contribution in [2.75, 3.05) is 13.1 Å². The zero-order chi connectivity index (χ0) is 19.9. The van der Waals surface area contributed by atoms with Crippen LogP contribution in [0, 0.1) is 17.2 Å². The van der Waals surface area contributed by atoms with Crippen molar-refractivity contribution >= 4 is 0 Å². The van der Waals surface area contributed by atoms with Crippen molar-refractivity contribution in [3.63, 3.8) is 0 Å². The highest BCUT2D eigenvalue weighted by molar-refractivity contribution is 5.45. The maximum atomic E-state index is 10.5. The van der Waals surface area contributed by atoms with Gasteiger partial charge in [-0.15, -0.1) is 0 Å². The minimum atomic E-state index is -0.594. The normalized spacial score (nSPS) is 17.6. The van der Waals surface area contributed by atoms with Crippen LogP contribution in [0.25, 0.3) is 0 Å². The summed E-state index contributed by atoms with van der Waals surface area (Å²) in [6.07, 6.45) is 3.25. The molecule has 0 aromatic heterocycles. The van der Waals surface area contributed by atoms with E-state index in [2.05, 4.69) is 65.6 Å². The fraction of sp³-hybridized carbons (Fsp3) is 0.296. The first-order chi connectivity index (χ1) is 14.3. The predicted molar refractivity (Wildman–Crippen MR) is 118 cm³/mol. The monoisotopic (exact) mass is 380 g/mol. The van der Waals surface area contributed by atoms with Crippen LogP contribution < -0.4 is 0 Å². The number of piperidine rings is 1. The molecule has 1 aliphatic heterocycles. The van der Waals surface area contributed by atoms with Gasteiger partial charge in [0, 0.05) is 13.1 Å². The summed E-state index contributed by atoms with van der Waals surface area (Å²) < 4.78 is 0. The Morgan fingerprint density at radius 1 is 0.828 bits per heavy atom. The van der Waals surface area contributed by atoms with E-state index in [1.165, 1.54) is 18.4 Å². The van der Waals surface area contributed by atoms with Crippen molar-refractivity contribution in [2.45, 2.75) is 31.2 Å². The van der Waals surface area contributed by atoms with E-state index in [4.69, 9.17) is 0 Å². The van der Waals surface area contributed by atoms with E-state index in [1.807, 2.05) is 36.4 Å². The fourth-order valence-electron chi connectivity index (χ4n) is 4.76. The topological polar surface area (TPSA) is 27.0 Å². The van der Waals surface area contributed by atoms with Crippen LogP contribution in [-0.4, -0.2) is 18.0 Å². The molecule has 0 N–H and O–H groups in total. The molecular formula is C27H28N2. The van der Waals surface area contributed by atoms with E-state index in [9.17, 15) is 5.26 Å². The first-order valence-corrected chi connectivity index (χ1v) is 10.6. The van der Waals surface area contributed by atoms with Crippen LogP contribution in [0.1, 0.15) is 36.0 Å². The third-order valence-corrected chi connectivity index (χ3v) is 6.17. The van der Waals surface area contributed by atoms with Crippen LogP contribution in [0.15, 0.2) is 91.0 Å². The molecule has 0 aliphatic carbocycles. The molecule has 1 fully saturated rings. The summed E-state index contributed by atoms with van der Waals surface area (Å²) >= 11 is 0. The van der Waals surface area contributed by atoms with E-state index in [0.717, 1.165) is 37.2 Å². The molecule has 2 heteroatoms. The zero-order valence-electron chi connectivity index (χ0n) is 16.9. The van der Waals surface area contributed by atoms with Crippen LogP contribution in [0.3, 0.4) is 0 Å². The molecule has 4 rings (SSSR count). The highest BCUT2D eigenvalue weighted by atomic mass is 15.1. The first-order valence-electron chi connectivity index (χ1n) is 10.6. The van der Waals surface area contributed by atoms with Gasteiger partial charge in [-0.05, 0) is 48.4 Å². The van der Waals surface area contributed by atoms with Crippen LogP contribution in [0.4, 0.5) is 0 Å². The number of likely N-dealkylation sites (tertiary alicyclic amines) is 1. The Balaban J connectivity index is 1.59. The van der Waals surface area contributed by atoms with E-state index in [0.29, 0.717) is 5.92 Å². The second kappa shape index (κ2) is 9.07. The lowest BCUT2D eigenvalue weighted by Crippen LogP contribution is -2.39. The minimum Gasteiger partial charge on any atom is -0.299 e. The number of nitriles is 1. The second-order valence-corrected chi connectivity index (χ2v) is 8.18.